The highest BCUT2D eigenvalue weighted by molar-refractivity contribution is 5.17. The third-order valence-electron chi connectivity index (χ3n) is 5.07. The first-order chi connectivity index (χ1) is 7.45. The van der Waals surface area contributed by atoms with Crippen molar-refractivity contribution in [3.05, 3.63) is 11.6 Å². The maximum Gasteiger partial charge on any atom is 0.0741 e. The molecule has 0 aromatic heterocycles. The van der Waals surface area contributed by atoms with Crippen molar-refractivity contribution in [1.29, 1.82) is 0 Å². The lowest BCUT2D eigenvalue weighted by atomic mass is 9.57. The Morgan fingerprint density at radius 2 is 2.06 bits per heavy atom. The zero-order chi connectivity index (χ0) is 11.9. The van der Waals surface area contributed by atoms with E-state index in [-0.39, 0.29) is 0 Å². The Bertz CT molecular complexity index is 292. The van der Waals surface area contributed by atoms with Gasteiger partial charge >= 0.3 is 0 Å². The van der Waals surface area contributed by atoms with Gasteiger partial charge in [0.05, 0.1) is 5.60 Å². The molecule has 1 fully saturated rings. The molecule has 1 N–H and O–H groups in total. The molecule has 0 spiro atoms. The molecule has 2 aliphatic rings. The van der Waals surface area contributed by atoms with E-state index in [0.29, 0.717) is 23.7 Å². The van der Waals surface area contributed by atoms with Gasteiger partial charge in [-0.1, -0.05) is 32.4 Å². The second kappa shape index (κ2) is 4.18. The molecule has 0 aromatic carbocycles. The van der Waals surface area contributed by atoms with Gasteiger partial charge in [0.1, 0.15) is 0 Å². The van der Waals surface area contributed by atoms with E-state index in [4.69, 9.17) is 0 Å². The first-order valence-electron chi connectivity index (χ1n) is 6.85. The molecule has 2 rings (SSSR count). The molecule has 0 amide bonds. The number of hydrogen-bond acceptors (Lipinski definition) is 1. The van der Waals surface area contributed by atoms with E-state index in [1.807, 2.05) is 0 Å². The van der Waals surface area contributed by atoms with Crippen molar-refractivity contribution in [2.75, 3.05) is 0 Å². The lowest BCUT2D eigenvalue weighted by molar-refractivity contribution is -0.111. The molecule has 1 heteroatoms. The zero-order valence-corrected chi connectivity index (χ0v) is 11.2. The monoisotopic (exact) mass is 222 g/mol. The van der Waals surface area contributed by atoms with Gasteiger partial charge in [0.25, 0.3) is 0 Å². The largest absolute Gasteiger partial charge is 0.389 e. The van der Waals surface area contributed by atoms with Gasteiger partial charge < -0.3 is 5.11 Å². The van der Waals surface area contributed by atoms with Crippen LogP contribution in [0.3, 0.4) is 0 Å². The topological polar surface area (TPSA) is 20.2 Å². The van der Waals surface area contributed by atoms with Crippen LogP contribution >= 0.6 is 0 Å². The molecule has 0 heterocycles. The number of fused-ring (bicyclic) bond motifs is 1. The summed E-state index contributed by atoms with van der Waals surface area (Å²) in [6.45, 7) is 9.06. The lowest BCUT2D eigenvalue weighted by Crippen LogP contribution is -2.52. The molecule has 1 saturated carbocycles. The van der Waals surface area contributed by atoms with Gasteiger partial charge in [-0.05, 0) is 50.4 Å². The molecular formula is C15H26O. The molecule has 0 unspecified atom stereocenters. The predicted octanol–water partition coefficient (Wildman–Crippen LogP) is 3.78. The Labute approximate surface area is 99.9 Å². The first-order valence-corrected chi connectivity index (χ1v) is 6.85. The average Bonchev–Trinajstić information content (AvgIpc) is 2.21. The summed E-state index contributed by atoms with van der Waals surface area (Å²) in [6, 6.07) is 0. The summed E-state index contributed by atoms with van der Waals surface area (Å²) < 4.78 is 0. The predicted molar refractivity (Wildman–Crippen MR) is 68.2 cm³/mol. The Morgan fingerprint density at radius 1 is 1.38 bits per heavy atom. The summed E-state index contributed by atoms with van der Waals surface area (Å²) in [7, 11) is 0. The minimum atomic E-state index is -0.410. The number of hydrogen-bond donors (Lipinski definition) is 1. The fourth-order valence-corrected chi connectivity index (χ4v) is 3.79. The van der Waals surface area contributed by atoms with Gasteiger partial charge in [-0.2, -0.15) is 0 Å². The second-order valence-electron chi connectivity index (χ2n) is 6.42. The number of aliphatic hydroxyl groups is 1. The van der Waals surface area contributed by atoms with E-state index in [1.54, 1.807) is 0 Å². The van der Waals surface area contributed by atoms with Crippen LogP contribution in [0, 0.1) is 23.7 Å². The van der Waals surface area contributed by atoms with Crippen LogP contribution in [0.4, 0.5) is 0 Å². The third kappa shape index (κ3) is 1.84. The van der Waals surface area contributed by atoms with Crippen molar-refractivity contribution in [2.45, 2.75) is 59.0 Å². The quantitative estimate of drug-likeness (QED) is 0.669. The summed E-state index contributed by atoms with van der Waals surface area (Å²) in [6.07, 6.45) is 6.93. The van der Waals surface area contributed by atoms with E-state index in [0.717, 1.165) is 12.8 Å². The van der Waals surface area contributed by atoms with Crippen molar-refractivity contribution >= 4 is 0 Å². The van der Waals surface area contributed by atoms with Gasteiger partial charge in [-0.25, -0.2) is 0 Å². The van der Waals surface area contributed by atoms with Crippen molar-refractivity contribution < 1.29 is 5.11 Å². The Kier molecular flexibility index (Phi) is 3.18. The Balaban J connectivity index is 2.32. The van der Waals surface area contributed by atoms with E-state index < -0.39 is 5.60 Å². The molecule has 92 valence electrons. The molecule has 4 atom stereocenters. The SMILES string of the molecule is CC1=C[C@@H]2[C@H](C(C)C)CC[C@@H](C)[C@@]2(O)CC1. The average molecular weight is 222 g/mol. The van der Waals surface area contributed by atoms with Crippen molar-refractivity contribution in [2.24, 2.45) is 23.7 Å². The van der Waals surface area contributed by atoms with E-state index >= 15 is 0 Å². The summed E-state index contributed by atoms with van der Waals surface area (Å²) >= 11 is 0. The van der Waals surface area contributed by atoms with Crippen LogP contribution < -0.4 is 0 Å². The molecule has 16 heavy (non-hydrogen) atoms. The smallest absolute Gasteiger partial charge is 0.0741 e. The Hall–Kier alpha value is -0.300. The normalized spacial score (nSPS) is 44.1. The highest BCUT2D eigenvalue weighted by Crippen LogP contribution is 2.50. The van der Waals surface area contributed by atoms with Crippen LogP contribution in [0.2, 0.25) is 0 Å². The number of allylic oxidation sites excluding steroid dienone is 1. The van der Waals surface area contributed by atoms with Gasteiger partial charge in [-0.3, -0.25) is 0 Å². The van der Waals surface area contributed by atoms with Crippen LogP contribution in [0.15, 0.2) is 11.6 Å². The summed E-state index contributed by atoms with van der Waals surface area (Å²) in [4.78, 5) is 0. The highest BCUT2D eigenvalue weighted by atomic mass is 16.3. The van der Waals surface area contributed by atoms with Gasteiger partial charge in [0.2, 0.25) is 0 Å². The van der Waals surface area contributed by atoms with Crippen LogP contribution in [0.1, 0.15) is 53.4 Å². The maximum absolute atomic E-state index is 11.0. The molecule has 0 bridgehead atoms. The molecule has 1 nitrogen and oxygen atoms in total. The van der Waals surface area contributed by atoms with Gasteiger partial charge in [0, 0.05) is 5.92 Å². The maximum atomic E-state index is 11.0. The highest BCUT2D eigenvalue weighted by Gasteiger charge is 2.49. The summed E-state index contributed by atoms with van der Waals surface area (Å²) in [5.41, 5.74) is 1.07. The fourth-order valence-electron chi connectivity index (χ4n) is 3.79. The molecule has 2 aliphatic carbocycles. The standard InChI is InChI=1S/C15H26O/c1-10(2)13-6-5-12(4)15(16)8-7-11(3)9-14(13)15/h9-10,12-14,16H,5-8H2,1-4H3/t12-,13+,14-,15+/m1/s1. The van der Waals surface area contributed by atoms with Crippen molar-refractivity contribution in [3.8, 4) is 0 Å². The van der Waals surface area contributed by atoms with Crippen molar-refractivity contribution in [1.82, 2.24) is 0 Å². The molecular weight excluding hydrogens is 196 g/mol. The fraction of sp³-hybridized carbons (Fsp3) is 0.867. The first kappa shape index (κ1) is 12.2. The molecule has 0 aromatic rings. The summed E-state index contributed by atoms with van der Waals surface area (Å²) in [5, 5.41) is 11.0. The Morgan fingerprint density at radius 3 is 2.69 bits per heavy atom. The van der Waals surface area contributed by atoms with Gasteiger partial charge in [-0.15, -0.1) is 0 Å². The minimum absolute atomic E-state index is 0.407. The van der Waals surface area contributed by atoms with Gasteiger partial charge in [0.15, 0.2) is 0 Å². The molecule has 0 radical (unpaired) electrons. The zero-order valence-electron chi connectivity index (χ0n) is 11.2. The third-order valence-corrected chi connectivity index (χ3v) is 5.07. The van der Waals surface area contributed by atoms with Crippen LogP contribution in [-0.4, -0.2) is 10.7 Å². The summed E-state index contributed by atoms with van der Waals surface area (Å²) in [5.74, 6) is 2.24. The van der Waals surface area contributed by atoms with Crippen LogP contribution in [0.25, 0.3) is 0 Å². The van der Waals surface area contributed by atoms with E-state index in [9.17, 15) is 5.11 Å². The van der Waals surface area contributed by atoms with Crippen LogP contribution in [0.5, 0.6) is 0 Å². The molecule has 0 saturated heterocycles. The van der Waals surface area contributed by atoms with Crippen molar-refractivity contribution in [3.63, 3.8) is 0 Å². The molecule has 0 aliphatic heterocycles. The second-order valence-corrected chi connectivity index (χ2v) is 6.42. The van der Waals surface area contributed by atoms with Crippen LogP contribution in [-0.2, 0) is 0 Å². The number of rotatable bonds is 1. The lowest BCUT2D eigenvalue weighted by Gasteiger charge is -2.51. The van der Waals surface area contributed by atoms with E-state index in [2.05, 4.69) is 33.8 Å². The minimum Gasteiger partial charge on any atom is -0.389 e. The van der Waals surface area contributed by atoms with E-state index in [1.165, 1.54) is 18.4 Å².